The number of hydrogen-bond donors (Lipinski definition) is 0. The zero-order valence-electron chi connectivity index (χ0n) is 10.3. The molecule has 0 aromatic heterocycles. The zero-order valence-corrected chi connectivity index (χ0v) is 11.1. The lowest BCUT2D eigenvalue weighted by atomic mass is 9.72. The molecule has 2 aliphatic carbocycles. The molecule has 0 radical (unpaired) electrons. The van der Waals surface area contributed by atoms with Crippen molar-refractivity contribution in [2.45, 2.75) is 42.2 Å². The molecule has 2 fully saturated rings. The quantitative estimate of drug-likeness (QED) is 0.822. The van der Waals surface area contributed by atoms with Gasteiger partial charge in [-0.2, -0.15) is 5.26 Å². The van der Waals surface area contributed by atoms with Crippen LogP contribution in [0.25, 0.3) is 0 Å². The molecular formula is C14H15NO2S. The van der Waals surface area contributed by atoms with E-state index in [-0.39, 0.29) is 10.3 Å². The first-order chi connectivity index (χ1) is 8.43. The minimum Gasteiger partial charge on any atom is -0.222 e. The van der Waals surface area contributed by atoms with Gasteiger partial charge in [-0.25, -0.2) is 8.42 Å². The van der Waals surface area contributed by atoms with E-state index in [0.29, 0.717) is 12.8 Å². The van der Waals surface area contributed by atoms with Gasteiger partial charge in [-0.1, -0.05) is 17.7 Å². The van der Waals surface area contributed by atoms with Gasteiger partial charge in [0.15, 0.2) is 14.6 Å². The van der Waals surface area contributed by atoms with Gasteiger partial charge in [0.2, 0.25) is 0 Å². The first kappa shape index (κ1) is 11.7. The molecule has 4 heteroatoms. The lowest BCUT2D eigenvalue weighted by Crippen LogP contribution is -2.50. The molecule has 0 unspecified atom stereocenters. The molecule has 94 valence electrons. The number of nitriles is 1. The number of rotatable bonds is 2. The van der Waals surface area contributed by atoms with E-state index in [1.54, 1.807) is 24.3 Å². The largest absolute Gasteiger partial charge is 0.222 e. The Morgan fingerprint density at radius 3 is 2.17 bits per heavy atom. The Hall–Kier alpha value is -1.34. The van der Waals surface area contributed by atoms with Gasteiger partial charge in [-0.05, 0) is 50.2 Å². The average Bonchev–Trinajstić information content (AvgIpc) is 3.07. The fourth-order valence-corrected chi connectivity index (χ4v) is 5.02. The fourth-order valence-electron chi connectivity index (χ4n) is 2.96. The highest BCUT2D eigenvalue weighted by Crippen LogP contribution is 2.67. The maximum Gasteiger partial charge on any atom is 0.197 e. The van der Waals surface area contributed by atoms with Crippen molar-refractivity contribution in [3.63, 3.8) is 0 Å². The first-order valence-corrected chi connectivity index (χ1v) is 7.64. The molecule has 3 nitrogen and oxygen atoms in total. The Morgan fingerprint density at radius 2 is 1.72 bits per heavy atom. The summed E-state index contributed by atoms with van der Waals surface area (Å²) < 4.78 is 24.0. The Balaban J connectivity index is 1.99. The van der Waals surface area contributed by atoms with Gasteiger partial charge in [-0.3, -0.25) is 0 Å². The highest BCUT2D eigenvalue weighted by Gasteiger charge is 2.67. The van der Waals surface area contributed by atoms with Crippen LogP contribution >= 0.6 is 0 Å². The van der Waals surface area contributed by atoms with Crippen LogP contribution in [0.4, 0.5) is 0 Å². The van der Waals surface area contributed by atoms with E-state index in [1.165, 1.54) is 0 Å². The maximum absolute atomic E-state index is 12.6. The van der Waals surface area contributed by atoms with Crippen LogP contribution in [0.15, 0.2) is 29.2 Å². The molecule has 18 heavy (non-hydrogen) atoms. The predicted molar refractivity (Wildman–Crippen MR) is 67.6 cm³/mol. The zero-order chi connectivity index (χ0) is 13.0. The third-order valence-corrected chi connectivity index (χ3v) is 6.63. The van der Waals surface area contributed by atoms with Crippen molar-refractivity contribution in [3.05, 3.63) is 29.8 Å². The van der Waals surface area contributed by atoms with E-state index >= 15 is 0 Å². The monoisotopic (exact) mass is 261 g/mol. The summed E-state index contributed by atoms with van der Waals surface area (Å²) in [6.07, 6.45) is 3.21. The molecule has 1 spiro atoms. The van der Waals surface area contributed by atoms with Gasteiger partial charge in [-0.15, -0.1) is 0 Å². The summed E-state index contributed by atoms with van der Waals surface area (Å²) in [5, 5.41) is 9.32. The summed E-state index contributed by atoms with van der Waals surface area (Å²) in [4.78, 5) is 0.283. The lowest BCUT2D eigenvalue weighted by molar-refractivity contribution is 0.238. The minimum atomic E-state index is -3.52. The van der Waals surface area contributed by atoms with Crippen molar-refractivity contribution in [2.24, 2.45) is 5.41 Å². The normalized spacial score (nSPS) is 23.1. The van der Waals surface area contributed by atoms with Crippen LogP contribution in [0.2, 0.25) is 0 Å². The Morgan fingerprint density at radius 1 is 1.17 bits per heavy atom. The SMILES string of the molecule is Cc1ccc(S(=O)(=O)C2(C#N)CC3(CC3)C2)cc1. The van der Waals surface area contributed by atoms with E-state index in [2.05, 4.69) is 6.07 Å². The third kappa shape index (κ3) is 1.44. The molecule has 0 bridgehead atoms. The van der Waals surface area contributed by atoms with Crippen molar-refractivity contribution < 1.29 is 8.42 Å². The lowest BCUT2D eigenvalue weighted by Gasteiger charge is -2.42. The molecule has 0 amide bonds. The van der Waals surface area contributed by atoms with Gasteiger partial charge in [0.1, 0.15) is 0 Å². The first-order valence-electron chi connectivity index (χ1n) is 6.16. The molecule has 1 aromatic carbocycles. The van der Waals surface area contributed by atoms with Crippen molar-refractivity contribution in [3.8, 4) is 6.07 Å². The molecular weight excluding hydrogens is 246 g/mol. The molecule has 0 N–H and O–H groups in total. The van der Waals surface area contributed by atoms with Crippen LogP contribution in [0, 0.1) is 23.7 Å². The van der Waals surface area contributed by atoms with Crippen LogP contribution in [0.1, 0.15) is 31.2 Å². The highest BCUT2D eigenvalue weighted by atomic mass is 32.2. The van der Waals surface area contributed by atoms with E-state index in [9.17, 15) is 13.7 Å². The molecule has 3 rings (SSSR count). The third-order valence-electron chi connectivity index (χ3n) is 4.33. The number of sulfone groups is 1. The van der Waals surface area contributed by atoms with Crippen LogP contribution in [0.3, 0.4) is 0 Å². The minimum absolute atomic E-state index is 0.188. The van der Waals surface area contributed by atoms with Gasteiger partial charge in [0.25, 0.3) is 0 Å². The molecule has 2 saturated carbocycles. The summed E-state index contributed by atoms with van der Waals surface area (Å²) in [6, 6.07) is 8.86. The Bertz CT molecular complexity index is 625. The second-order valence-electron chi connectivity index (χ2n) is 5.78. The van der Waals surface area contributed by atoms with Crippen LogP contribution in [-0.4, -0.2) is 13.2 Å². The van der Waals surface area contributed by atoms with Crippen LogP contribution in [-0.2, 0) is 9.84 Å². The summed E-state index contributed by atoms with van der Waals surface area (Å²) in [5.41, 5.74) is 1.21. The molecule has 0 saturated heterocycles. The molecule has 0 aliphatic heterocycles. The standard InChI is InChI=1S/C14H15NO2S/c1-11-2-4-12(5-3-11)18(16,17)14(10-15)8-13(9-14)6-7-13/h2-5H,6-9H2,1H3. The van der Waals surface area contributed by atoms with E-state index in [1.807, 2.05) is 6.92 Å². The second kappa shape index (κ2) is 3.36. The number of nitrogens with zero attached hydrogens (tertiary/aromatic N) is 1. The summed E-state index contributed by atoms with van der Waals surface area (Å²) in [5.74, 6) is 0. The smallest absolute Gasteiger partial charge is 0.197 e. The fraction of sp³-hybridized carbons (Fsp3) is 0.500. The Kier molecular flexibility index (Phi) is 2.19. The second-order valence-corrected chi connectivity index (χ2v) is 8.04. The molecule has 2 aliphatic rings. The number of aryl methyl sites for hydroxylation is 1. The number of hydrogen-bond acceptors (Lipinski definition) is 3. The van der Waals surface area contributed by atoms with Crippen molar-refractivity contribution in [2.75, 3.05) is 0 Å². The average molecular weight is 261 g/mol. The maximum atomic E-state index is 12.6. The topological polar surface area (TPSA) is 57.9 Å². The van der Waals surface area contributed by atoms with Crippen LogP contribution < -0.4 is 0 Å². The van der Waals surface area contributed by atoms with E-state index in [0.717, 1.165) is 18.4 Å². The van der Waals surface area contributed by atoms with Crippen molar-refractivity contribution in [1.82, 2.24) is 0 Å². The molecule has 0 atom stereocenters. The summed E-state index contributed by atoms with van der Waals surface area (Å²) in [7, 11) is -3.52. The molecule has 0 heterocycles. The Labute approximate surface area is 107 Å². The van der Waals surface area contributed by atoms with Crippen molar-refractivity contribution >= 4 is 9.84 Å². The van der Waals surface area contributed by atoms with Crippen LogP contribution in [0.5, 0.6) is 0 Å². The summed E-state index contributed by atoms with van der Waals surface area (Å²) in [6.45, 7) is 1.92. The van der Waals surface area contributed by atoms with Gasteiger partial charge in [0, 0.05) is 0 Å². The van der Waals surface area contributed by atoms with Gasteiger partial charge < -0.3 is 0 Å². The summed E-state index contributed by atoms with van der Waals surface area (Å²) >= 11 is 0. The van der Waals surface area contributed by atoms with E-state index < -0.39 is 14.6 Å². The van der Waals surface area contributed by atoms with Crippen molar-refractivity contribution in [1.29, 1.82) is 5.26 Å². The van der Waals surface area contributed by atoms with Gasteiger partial charge in [0.05, 0.1) is 11.0 Å². The van der Waals surface area contributed by atoms with E-state index in [4.69, 9.17) is 0 Å². The van der Waals surface area contributed by atoms with Gasteiger partial charge >= 0.3 is 0 Å². The highest BCUT2D eigenvalue weighted by molar-refractivity contribution is 7.93. The molecule has 1 aromatic rings. The predicted octanol–water partition coefficient (Wildman–Crippen LogP) is 2.61. The number of benzene rings is 1.